The summed E-state index contributed by atoms with van der Waals surface area (Å²) in [5.74, 6) is 0. The molecular weight excluding hydrogens is 242 g/mol. The fourth-order valence-electron chi connectivity index (χ4n) is 1.90. The Morgan fingerprint density at radius 2 is 1.94 bits per heavy atom. The third kappa shape index (κ3) is 1.98. The van der Waals surface area contributed by atoms with Crippen molar-refractivity contribution in [2.75, 3.05) is 0 Å². The van der Waals surface area contributed by atoms with Gasteiger partial charge in [0.2, 0.25) is 0 Å². The second-order valence-corrected chi connectivity index (χ2v) is 4.67. The second-order valence-electron chi connectivity index (χ2n) is 4.27. The van der Waals surface area contributed by atoms with E-state index >= 15 is 0 Å². The molecule has 0 saturated heterocycles. The molecule has 0 aliphatic rings. The van der Waals surface area contributed by atoms with Crippen LogP contribution in [0.25, 0.3) is 22.2 Å². The first-order valence-corrected chi connectivity index (χ1v) is 6.16. The summed E-state index contributed by atoms with van der Waals surface area (Å²) in [6, 6.07) is 19.1. The fraction of sp³-hybridized carbons (Fsp3) is 0.0625. The van der Waals surface area contributed by atoms with E-state index in [1.165, 1.54) is 0 Å². The van der Waals surface area contributed by atoms with Crippen molar-refractivity contribution in [3.8, 4) is 11.3 Å². The Hall–Kier alpha value is -1.86. The van der Waals surface area contributed by atoms with Gasteiger partial charge >= 0.3 is 0 Å². The van der Waals surface area contributed by atoms with E-state index in [2.05, 4.69) is 11.1 Å². The van der Waals surface area contributed by atoms with Gasteiger partial charge in [0.25, 0.3) is 0 Å². The standard InChI is InChI=1S/C16H11ClN/c1-11-6-7-13(10-14(11)17)16-9-8-12-4-2-3-5-15(12)18-16/h2-7,9-10H,1H3. The van der Waals surface area contributed by atoms with Crippen molar-refractivity contribution in [1.29, 1.82) is 0 Å². The lowest BCUT2D eigenvalue weighted by atomic mass is 10.1. The third-order valence-corrected chi connectivity index (χ3v) is 3.38. The van der Waals surface area contributed by atoms with Crippen molar-refractivity contribution in [1.82, 2.24) is 4.98 Å². The van der Waals surface area contributed by atoms with Crippen LogP contribution in [0.3, 0.4) is 0 Å². The van der Waals surface area contributed by atoms with Gasteiger partial charge in [0.15, 0.2) is 0 Å². The predicted molar refractivity (Wildman–Crippen MR) is 75.8 cm³/mol. The molecule has 1 radical (unpaired) electrons. The van der Waals surface area contributed by atoms with Gasteiger partial charge < -0.3 is 0 Å². The molecule has 0 unspecified atom stereocenters. The van der Waals surface area contributed by atoms with E-state index in [1.807, 2.05) is 55.5 Å². The quantitative estimate of drug-likeness (QED) is 0.614. The zero-order chi connectivity index (χ0) is 12.5. The topological polar surface area (TPSA) is 12.9 Å². The number of halogens is 1. The number of hydrogen-bond donors (Lipinski definition) is 0. The maximum atomic E-state index is 6.14. The Bertz CT molecular complexity index is 719. The van der Waals surface area contributed by atoms with Crippen molar-refractivity contribution in [2.45, 2.75) is 6.92 Å². The first-order valence-electron chi connectivity index (χ1n) is 5.78. The number of fused-ring (bicyclic) bond motifs is 1. The molecule has 1 nitrogen and oxygen atoms in total. The highest BCUT2D eigenvalue weighted by molar-refractivity contribution is 6.31. The molecule has 3 rings (SSSR count). The first kappa shape index (κ1) is 11.2. The highest BCUT2D eigenvalue weighted by Crippen LogP contribution is 2.25. The van der Waals surface area contributed by atoms with Gasteiger partial charge in [0.05, 0.1) is 11.2 Å². The summed E-state index contributed by atoms with van der Waals surface area (Å²) in [5, 5.41) is 1.79. The van der Waals surface area contributed by atoms with Crippen molar-refractivity contribution in [3.63, 3.8) is 0 Å². The maximum absolute atomic E-state index is 6.14. The van der Waals surface area contributed by atoms with Gasteiger partial charge in [-0.3, -0.25) is 0 Å². The molecule has 0 bridgehead atoms. The van der Waals surface area contributed by atoms with Crippen molar-refractivity contribution in [3.05, 3.63) is 65.2 Å². The number of rotatable bonds is 1. The average molecular weight is 253 g/mol. The fourth-order valence-corrected chi connectivity index (χ4v) is 2.08. The lowest BCUT2D eigenvalue weighted by Crippen LogP contribution is -1.86. The molecule has 1 heterocycles. The molecule has 0 aliphatic heterocycles. The lowest BCUT2D eigenvalue weighted by Gasteiger charge is -2.05. The van der Waals surface area contributed by atoms with Gasteiger partial charge in [-0.25, -0.2) is 4.98 Å². The summed E-state index contributed by atoms with van der Waals surface area (Å²) < 4.78 is 0. The van der Waals surface area contributed by atoms with E-state index in [-0.39, 0.29) is 0 Å². The molecule has 87 valence electrons. The Morgan fingerprint density at radius 3 is 2.78 bits per heavy atom. The van der Waals surface area contributed by atoms with Gasteiger partial charge in [0.1, 0.15) is 0 Å². The Balaban J connectivity index is 2.16. The summed E-state index contributed by atoms with van der Waals surface area (Å²) in [7, 11) is 0. The number of pyridine rings is 1. The van der Waals surface area contributed by atoms with Gasteiger partial charge in [0, 0.05) is 16.0 Å². The molecule has 1 aromatic heterocycles. The molecule has 0 spiro atoms. The molecule has 18 heavy (non-hydrogen) atoms. The van der Waals surface area contributed by atoms with E-state index in [0.717, 1.165) is 32.7 Å². The van der Waals surface area contributed by atoms with Crippen LogP contribution in [-0.4, -0.2) is 4.98 Å². The van der Waals surface area contributed by atoms with Gasteiger partial charge in [-0.15, -0.1) is 0 Å². The highest BCUT2D eigenvalue weighted by atomic mass is 35.5. The van der Waals surface area contributed by atoms with Gasteiger partial charge in [-0.2, -0.15) is 0 Å². The van der Waals surface area contributed by atoms with Crippen molar-refractivity contribution in [2.24, 2.45) is 0 Å². The number of hydrogen-bond acceptors (Lipinski definition) is 1. The number of aromatic nitrogens is 1. The molecule has 0 atom stereocenters. The molecule has 0 amide bonds. The number of aryl methyl sites for hydroxylation is 1. The Labute approximate surface area is 111 Å². The molecule has 2 aromatic carbocycles. The molecule has 2 heteroatoms. The van der Waals surface area contributed by atoms with E-state index in [1.54, 1.807) is 0 Å². The maximum Gasteiger partial charge on any atom is 0.0716 e. The van der Waals surface area contributed by atoms with Gasteiger partial charge in [-0.05, 0) is 36.8 Å². The lowest BCUT2D eigenvalue weighted by molar-refractivity contribution is 1.38. The average Bonchev–Trinajstić information content (AvgIpc) is 2.41. The summed E-state index contributed by atoms with van der Waals surface area (Å²) in [5.41, 5.74) is 3.94. The SMILES string of the molecule is Cc1ccc(-c2c[c]c3ccccc3n2)cc1Cl. The third-order valence-electron chi connectivity index (χ3n) is 2.98. The molecular formula is C16H11ClN. The summed E-state index contributed by atoms with van der Waals surface area (Å²) in [4.78, 5) is 4.63. The van der Waals surface area contributed by atoms with Crippen molar-refractivity contribution >= 4 is 22.5 Å². The Kier molecular flexibility index (Phi) is 2.77. The molecule has 0 saturated carbocycles. The minimum Gasteiger partial charge on any atom is -0.248 e. The van der Waals surface area contributed by atoms with Crippen LogP contribution in [-0.2, 0) is 0 Å². The number of benzene rings is 2. The van der Waals surface area contributed by atoms with E-state index < -0.39 is 0 Å². The molecule has 0 N–H and O–H groups in total. The summed E-state index contributed by atoms with van der Waals surface area (Å²) in [6.07, 6.45) is 0. The molecule has 3 aromatic rings. The van der Waals surface area contributed by atoms with Crippen LogP contribution in [0.5, 0.6) is 0 Å². The number of nitrogens with zero attached hydrogens (tertiary/aromatic N) is 1. The van der Waals surface area contributed by atoms with Crippen LogP contribution in [0.4, 0.5) is 0 Å². The van der Waals surface area contributed by atoms with Crippen LogP contribution >= 0.6 is 11.6 Å². The minimum atomic E-state index is 0.766. The minimum absolute atomic E-state index is 0.766. The monoisotopic (exact) mass is 252 g/mol. The van der Waals surface area contributed by atoms with Crippen LogP contribution in [0.2, 0.25) is 5.02 Å². The van der Waals surface area contributed by atoms with E-state index in [9.17, 15) is 0 Å². The van der Waals surface area contributed by atoms with Crippen LogP contribution < -0.4 is 0 Å². The van der Waals surface area contributed by atoms with Gasteiger partial charge in [-0.1, -0.05) is 41.9 Å². The zero-order valence-corrected chi connectivity index (χ0v) is 10.7. The summed E-state index contributed by atoms with van der Waals surface area (Å²) in [6.45, 7) is 1.99. The second kappa shape index (κ2) is 4.43. The van der Waals surface area contributed by atoms with Crippen LogP contribution in [0.15, 0.2) is 48.5 Å². The van der Waals surface area contributed by atoms with Crippen LogP contribution in [0.1, 0.15) is 5.56 Å². The first-order chi connectivity index (χ1) is 8.74. The highest BCUT2D eigenvalue weighted by Gasteiger charge is 2.03. The predicted octanol–water partition coefficient (Wildman–Crippen LogP) is 4.66. The number of para-hydroxylation sites is 1. The zero-order valence-electron chi connectivity index (χ0n) is 9.94. The summed E-state index contributed by atoms with van der Waals surface area (Å²) >= 11 is 6.14. The van der Waals surface area contributed by atoms with E-state index in [4.69, 9.17) is 11.6 Å². The largest absolute Gasteiger partial charge is 0.248 e. The smallest absolute Gasteiger partial charge is 0.0716 e. The normalized spacial score (nSPS) is 10.8. The molecule has 0 fully saturated rings. The van der Waals surface area contributed by atoms with Crippen molar-refractivity contribution < 1.29 is 0 Å². The van der Waals surface area contributed by atoms with E-state index in [0.29, 0.717) is 0 Å². The molecule has 0 aliphatic carbocycles. The Morgan fingerprint density at radius 1 is 1.11 bits per heavy atom. The van der Waals surface area contributed by atoms with Crippen LogP contribution in [0, 0.1) is 13.0 Å².